The van der Waals surface area contributed by atoms with Gasteiger partial charge in [-0.2, -0.15) is 0 Å². The summed E-state index contributed by atoms with van der Waals surface area (Å²) in [7, 11) is 0. The minimum absolute atomic E-state index is 0.0573. The smallest absolute Gasteiger partial charge is 0.114 e. The molecule has 5 nitrogen and oxygen atoms in total. The Morgan fingerprint density at radius 1 is 0.926 bits per heavy atom. The molecule has 0 aromatic carbocycles. The Morgan fingerprint density at radius 2 is 1.52 bits per heavy atom. The summed E-state index contributed by atoms with van der Waals surface area (Å²) in [5, 5.41) is 29.0. The fourth-order valence-corrected chi connectivity index (χ4v) is 3.43. The monoisotopic (exact) mass is 386 g/mol. The number of allylic oxidation sites excluding steroid dienone is 1. The van der Waals surface area contributed by atoms with Crippen molar-refractivity contribution in [1.29, 1.82) is 0 Å². The molecule has 0 aromatic heterocycles. The summed E-state index contributed by atoms with van der Waals surface area (Å²) >= 11 is 0. The van der Waals surface area contributed by atoms with Gasteiger partial charge in [0.2, 0.25) is 0 Å². The van der Waals surface area contributed by atoms with Crippen molar-refractivity contribution in [2.24, 2.45) is 0 Å². The summed E-state index contributed by atoms with van der Waals surface area (Å²) in [6, 6.07) is 0. The van der Waals surface area contributed by atoms with Gasteiger partial charge in [0.15, 0.2) is 0 Å². The Kier molecular flexibility index (Phi) is 15.0. The average molecular weight is 387 g/mol. The van der Waals surface area contributed by atoms with Crippen LogP contribution in [0.3, 0.4) is 0 Å². The molecule has 1 rings (SSSR count). The van der Waals surface area contributed by atoms with Gasteiger partial charge in [-0.25, -0.2) is 0 Å². The fraction of sp³-hybridized carbons (Fsp3) is 0.909. The molecule has 1 saturated heterocycles. The highest BCUT2D eigenvalue weighted by Crippen LogP contribution is 2.17. The highest BCUT2D eigenvalue weighted by molar-refractivity contribution is 4.88. The number of rotatable bonds is 17. The first-order valence-electron chi connectivity index (χ1n) is 11.0. The van der Waals surface area contributed by atoms with E-state index in [0.717, 1.165) is 6.42 Å². The molecule has 4 atom stereocenters. The van der Waals surface area contributed by atoms with E-state index >= 15 is 0 Å². The van der Waals surface area contributed by atoms with E-state index in [4.69, 9.17) is 9.47 Å². The van der Waals surface area contributed by atoms with E-state index in [1.54, 1.807) is 0 Å². The van der Waals surface area contributed by atoms with Crippen LogP contribution in [-0.4, -0.2) is 59.6 Å². The van der Waals surface area contributed by atoms with Crippen LogP contribution in [-0.2, 0) is 9.47 Å². The second-order valence-electron chi connectivity index (χ2n) is 7.76. The molecule has 1 aliphatic rings. The second kappa shape index (κ2) is 16.5. The lowest BCUT2D eigenvalue weighted by Gasteiger charge is -2.20. The van der Waals surface area contributed by atoms with E-state index in [1.165, 1.54) is 70.6 Å². The van der Waals surface area contributed by atoms with Crippen molar-refractivity contribution < 1.29 is 24.8 Å². The van der Waals surface area contributed by atoms with Gasteiger partial charge >= 0.3 is 0 Å². The number of hydrogen-bond donors (Lipinski definition) is 3. The van der Waals surface area contributed by atoms with Crippen molar-refractivity contribution in [3.05, 3.63) is 12.2 Å². The highest BCUT2D eigenvalue weighted by atomic mass is 16.5. The molecular weight excluding hydrogens is 344 g/mol. The van der Waals surface area contributed by atoms with E-state index < -0.39 is 24.4 Å². The lowest BCUT2D eigenvalue weighted by Crippen LogP contribution is -2.40. The summed E-state index contributed by atoms with van der Waals surface area (Å²) < 4.78 is 10.6. The first-order chi connectivity index (χ1) is 13.2. The molecule has 0 amide bonds. The van der Waals surface area contributed by atoms with Crippen molar-refractivity contribution in [3.63, 3.8) is 0 Å². The molecule has 0 radical (unpaired) electrons. The maximum atomic E-state index is 9.91. The summed E-state index contributed by atoms with van der Waals surface area (Å²) in [5.74, 6) is 0. The molecule has 0 saturated carbocycles. The molecule has 0 bridgehead atoms. The summed E-state index contributed by atoms with van der Waals surface area (Å²) in [6.45, 7) is 2.86. The van der Waals surface area contributed by atoms with Gasteiger partial charge in [0.25, 0.3) is 0 Å². The third kappa shape index (κ3) is 11.9. The largest absolute Gasteiger partial charge is 0.388 e. The molecule has 1 aliphatic heterocycles. The second-order valence-corrected chi connectivity index (χ2v) is 7.76. The lowest BCUT2D eigenvalue weighted by molar-refractivity contribution is -0.0782. The van der Waals surface area contributed by atoms with Gasteiger partial charge in [-0.3, -0.25) is 0 Å². The first kappa shape index (κ1) is 24.6. The van der Waals surface area contributed by atoms with Crippen LogP contribution in [0.5, 0.6) is 0 Å². The van der Waals surface area contributed by atoms with E-state index in [1.807, 2.05) is 6.08 Å². The molecular formula is C22H42O5. The van der Waals surface area contributed by atoms with Crippen molar-refractivity contribution in [1.82, 2.24) is 0 Å². The van der Waals surface area contributed by atoms with Gasteiger partial charge in [0, 0.05) is 0 Å². The van der Waals surface area contributed by atoms with Gasteiger partial charge in [-0.05, 0) is 12.8 Å². The van der Waals surface area contributed by atoms with Crippen LogP contribution >= 0.6 is 0 Å². The average Bonchev–Trinajstić information content (AvgIpc) is 3.00. The van der Waals surface area contributed by atoms with Crippen LogP contribution in [0.2, 0.25) is 0 Å². The Labute approximate surface area is 165 Å². The van der Waals surface area contributed by atoms with E-state index in [2.05, 4.69) is 13.0 Å². The Bertz CT molecular complexity index is 361. The van der Waals surface area contributed by atoms with Crippen LogP contribution in [0.15, 0.2) is 12.2 Å². The maximum Gasteiger partial charge on any atom is 0.114 e. The molecule has 0 spiro atoms. The zero-order valence-electron chi connectivity index (χ0n) is 17.2. The Balaban J connectivity index is 1.83. The molecule has 0 unspecified atom stereocenters. The van der Waals surface area contributed by atoms with Gasteiger partial charge in [0.05, 0.1) is 19.8 Å². The SMILES string of the molecule is CCCCCCCCCCCCC/C=C/COC[C@H](O)[C@H]1OC[C@@H](O)[C@H]1O. The third-order valence-corrected chi connectivity index (χ3v) is 5.21. The number of ether oxygens (including phenoxy) is 2. The molecule has 160 valence electrons. The Morgan fingerprint density at radius 3 is 2.07 bits per heavy atom. The van der Waals surface area contributed by atoms with E-state index in [9.17, 15) is 15.3 Å². The lowest BCUT2D eigenvalue weighted by atomic mass is 10.1. The molecule has 1 heterocycles. The summed E-state index contributed by atoms with van der Waals surface area (Å²) in [4.78, 5) is 0. The van der Waals surface area contributed by atoms with Crippen molar-refractivity contribution in [3.8, 4) is 0 Å². The van der Waals surface area contributed by atoms with Crippen molar-refractivity contribution in [2.45, 2.75) is 108 Å². The third-order valence-electron chi connectivity index (χ3n) is 5.21. The fourth-order valence-electron chi connectivity index (χ4n) is 3.43. The van der Waals surface area contributed by atoms with E-state index in [0.29, 0.717) is 6.61 Å². The molecule has 5 heteroatoms. The maximum absolute atomic E-state index is 9.91. The normalized spacial score (nSPS) is 24.1. The number of hydrogen-bond acceptors (Lipinski definition) is 5. The van der Waals surface area contributed by atoms with E-state index in [-0.39, 0.29) is 13.2 Å². The number of unbranched alkanes of at least 4 members (excludes halogenated alkanes) is 11. The van der Waals surface area contributed by atoms with Crippen LogP contribution < -0.4 is 0 Å². The molecule has 3 N–H and O–H groups in total. The minimum Gasteiger partial charge on any atom is -0.388 e. The van der Waals surface area contributed by atoms with Gasteiger partial charge in [-0.15, -0.1) is 0 Å². The standard InChI is InChI=1S/C22H42O5/c1-2-3-4-5-6-7-8-9-10-11-12-13-14-15-16-26-17-20(24)22-21(25)19(23)18-27-22/h14-15,19-25H,2-13,16-18H2,1H3/b15-14+/t19-,20+,21-,22-/m1/s1. The molecule has 0 aliphatic carbocycles. The highest BCUT2D eigenvalue weighted by Gasteiger charge is 2.39. The van der Waals surface area contributed by atoms with Crippen molar-refractivity contribution in [2.75, 3.05) is 19.8 Å². The summed E-state index contributed by atoms with van der Waals surface area (Å²) in [5.41, 5.74) is 0. The molecule has 1 fully saturated rings. The van der Waals surface area contributed by atoms with Gasteiger partial charge in [0.1, 0.15) is 24.4 Å². The topological polar surface area (TPSA) is 79.2 Å². The van der Waals surface area contributed by atoms with Crippen molar-refractivity contribution >= 4 is 0 Å². The molecule has 27 heavy (non-hydrogen) atoms. The summed E-state index contributed by atoms with van der Waals surface area (Å²) in [6.07, 6.45) is 16.5. The minimum atomic E-state index is -1.04. The van der Waals surface area contributed by atoms with Gasteiger partial charge in [-0.1, -0.05) is 83.3 Å². The quantitative estimate of drug-likeness (QED) is 0.262. The van der Waals surface area contributed by atoms with Crippen LogP contribution in [0.4, 0.5) is 0 Å². The Hall–Kier alpha value is -0.460. The predicted molar refractivity (Wildman–Crippen MR) is 109 cm³/mol. The van der Waals surface area contributed by atoms with Crippen LogP contribution in [0.25, 0.3) is 0 Å². The molecule has 0 aromatic rings. The first-order valence-corrected chi connectivity index (χ1v) is 11.0. The zero-order valence-corrected chi connectivity index (χ0v) is 17.2. The number of aliphatic hydroxyl groups is 3. The number of aliphatic hydroxyl groups excluding tert-OH is 3. The van der Waals surface area contributed by atoms with Crippen LogP contribution in [0.1, 0.15) is 84.0 Å². The van der Waals surface area contributed by atoms with Gasteiger partial charge < -0.3 is 24.8 Å². The van der Waals surface area contributed by atoms with Crippen LogP contribution in [0, 0.1) is 0 Å². The predicted octanol–water partition coefficient (Wildman–Crippen LogP) is 3.74. The zero-order chi connectivity index (χ0) is 19.7.